The minimum absolute atomic E-state index is 0.343. The van der Waals surface area contributed by atoms with E-state index in [2.05, 4.69) is 25.9 Å². The molecule has 0 radical (unpaired) electrons. The van der Waals surface area contributed by atoms with E-state index in [9.17, 15) is 4.39 Å². The van der Waals surface area contributed by atoms with Crippen molar-refractivity contribution >= 4 is 15.9 Å². The Kier molecular flexibility index (Phi) is 2.99. The number of hydrogen-bond acceptors (Lipinski definition) is 3. The Labute approximate surface area is 112 Å². The zero-order valence-electron chi connectivity index (χ0n) is 9.49. The van der Waals surface area contributed by atoms with Crippen LogP contribution in [0.25, 0.3) is 0 Å². The van der Waals surface area contributed by atoms with Gasteiger partial charge in [-0.3, -0.25) is 0 Å². The van der Waals surface area contributed by atoms with Crippen molar-refractivity contribution < 1.29 is 9.13 Å². The van der Waals surface area contributed by atoms with Gasteiger partial charge in [0.2, 0.25) is 5.88 Å². The standard InChI is InChI=1S/C13H10BrFN2O/c14-8-4-9(15)6-10(5-8)18-13-11-2-1-3-12(11)16-7-17-13/h4-7H,1-3H2. The highest BCUT2D eigenvalue weighted by Gasteiger charge is 2.18. The molecule has 2 aromatic rings. The first kappa shape index (κ1) is 11.6. The van der Waals surface area contributed by atoms with E-state index in [1.807, 2.05) is 0 Å². The Morgan fingerprint density at radius 1 is 1.17 bits per heavy atom. The van der Waals surface area contributed by atoms with Gasteiger partial charge in [-0.05, 0) is 31.4 Å². The first-order chi connectivity index (χ1) is 8.72. The molecule has 1 heterocycles. The molecule has 0 spiro atoms. The van der Waals surface area contributed by atoms with Crippen molar-refractivity contribution in [1.29, 1.82) is 0 Å². The summed E-state index contributed by atoms with van der Waals surface area (Å²) in [6, 6.07) is 4.44. The molecule has 3 rings (SSSR count). The van der Waals surface area contributed by atoms with Gasteiger partial charge < -0.3 is 4.74 Å². The van der Waals surface area contributed by atoms with Gasteiger partial charge in [0.25, 0.3) is 0 Å². The molecule has 1 aliphatic rings. The summed E-state index contributed by atoms with van der Waals surface area (Å²) in [4.78, 5) is 8.36. The summed E-state index contributed by atoms with van der Waals surface area (Å²) >= 11 is 3.24. The molecule has 0 amide bonds. The average Bonchev–Trinajstić information content (AvgIpc) is 2.76. The van der Waals surface area contributed by atoms with Crippen LogP contribution in [0.3, 0.4) is 0 Å². The lowest BCUT2D eigenvalue weighted by Gasteiger charge is -2.08. The van der Waals surface area contributed by atoms with Crippen LogP contribution in [0.5, 0.6) is 11.6 Å². The summed E-state index contributed by atoms with van der Waals surface area (Å²) in [5.41, 5.74) is 2.08. The molecule has 0 atom stereocenters. The number of halogens is 2. The Morgan fingerprint density at radius 2 is 2.06 bits per heavy atom. The van der Waals surface area contributed by atoms with E-state index >= 15 is 0 Å². The van der Waals surface area contributed by atoms with Crippen molar-refractivity contribution in [2.24, 2.45) is 0 Å². The molecule has 0 N–H and O–H groups in total. The van der Waals surface area contributed by atoms with Gasteiger partial charge in [-0.25, -0.2) is 14.4 Å². The predicted molar refractivity (Wildman–Crippen MR) is 68.2 cm³/mol. The quantitative estimate of drug-likeness (QED) is 0.849. The van der Waals surface area contributed by atoms with Gasteiger partial charge >= 0.3 is 0 Å². The third-order valence-corrected chi connectivity index (χ3v) is 3.34. The maximum Gasteiger partial charge on any atom is 0.225 e. The maximum atomic E-state index is 13.3. The number of rotatable bonds is 2. The predicted octanol–water partition coefficient (Wildman–Crippen LogP) is 3.66. The molecule has 0 saturated carbocycles. The van der Waals surface area contributed by atoms with Gasteiger partial charge in [-0.1, -0.05) is 15.9 Å². The highest BCUT2D eigenvalue weighted by atomic mass is 79.9. The monoisotopic (exact) mass is 308 g/mol. The van der Waals surface area contributed by atoms with Gasteiger partial charge in [0.1, 0.15) is 17.9 Å². The average molecular weight is 309 g/mol. The summed E-state index contributed by atoms with van der Waals surface area (Å²) in [7, 11) is 0. The fourth-order valence-electron chi connectivity index (χ4n) is 2.12. The third-order valence-electron chi connectivity index (χ3n) is 2.89. The lowest BCUT2D eigenvalue weighted by Crippen LogP contribution is -1.97. The second kappa shape index (κ2) is 4.65. The molecular weight excluding hydrogens is 299 g/mol. The largest absolute Gasteiger partial charge is 0.438 e. The summed E-state index contributed by atoms with van der Waals surface area (Å²) in [6.07, 6.45) is 4.44. The second-order valence-corrected chi connectivity index (χ2v) is 5.08. The van der Waals surface area contributed by atoms with Crippen molar-refractivity contribution in [3.63, 3.8) is 0 Å². The lowest BCUT2D eigenvalue weighted by molar-refractivity contribution is 0.450. The van der Waals surface area contributed by atoms with Gasteiger partial charge in [-0.2, -0.15) is 0 Å². The molecule has 1 aromatic carbocycles. The SMILES string of the molecule is Fc1cc(Br)cc(Oc2ncnc3c2CCC3)c1. The number of hydrogen-bond donors (Lipinski definition) is 0. The highest BCUT2D eigenvalue weighted by Crippen LogP contribution is 2.31. The molecule has 0 bridgehead atoms. The Bertz CT molecular complexity index is 583. The summed E-state index contributed by atoms with van der Waals surface area (Å²) in [5, 5.41) is 0. The number of benzene rings is 1. The zero-order valence-corrected chi connectivity index (χ0v) is 11.1. The van der Waals surface area contributed by atoms with E-state index < -0.39 is 0 Å². The summed E-state index contributed by atoms with van der Waals surface area (Å²) in [6.45, 7) is 0. The van der Waals surface area contributed by atoms with Crippen molar-refractivity contribution in [1.82, 2.24) is 9.97 Å². The zero-order chi connectivity index (χ0) is 12.5. The highest BCUT2D eigenvalue weighted by molar-refractivity contribution is 9.10. The molecule has 92 valence electrons. The van der Waals surface area contributed by atoms with Crippen molar-refractivity contribution in [2.75, 3.05) is 0 Å². The Hall–Kier alpha value is -1.49. The van der Waals surface area contributed by atoms with E-state index in [4.69, 9.17) is 4.74 Å². The smallest absolute Gasteiger partial charge is 0.225 e. The number of ether oxygens (including phenoxy) is 1. The topological polar surface area (TPSA) is 35.0 Å². The van der Waals surface area contributed by atoms with Crippen LogP contribution in [-0.4, -0.2) is 9.97 Å². The molecule has 0 fully saturated rings. The summed E-state index contributed by atoms with van der Waals surface area (Å²) in [5.74, 6) is 0.634. The van der Waals surface area contributed by atoms with Crippen LogP contribution in [0, 0.1) is 5.82 Å². The van der Waals surface area contributed by atoms with Gasteiger partial charge in [0.15, 0.2) is 0 Å². The number of aromatic nitrogens is 2. The van der Waals surface area contributed by atoms with Crippen molar-refractivity contribution in [3.8, 4) is 11.6 Å². The van der Waals surface area contributed by atoms with Crippen LogP contribution in [0.2, 0.25) is 0 Å². The van der Waals surface area contributed by atoms with Crippen molar-refractivity contribution in [2.45, 2.75) is 19.3 Å². The Balaban J connectivity index is 1.95. The number of nitrogens with zero attached hydrogens (tertiary/aromatic N) is 2. The van der Waals surface area contributed by atoms with Crippen molar-refractivity contribution in [3.05, 3.63) is 46.1 Å². The van der Waals surface area contributed by atoms with E-state index in [1.165, 1.54) is 18.5 Å². The molecule has 1 aliphatic carbocycles. The number of fused-ring (bicyclic) bond motifs is 1. The van der Waals surface area contributed by atoms with Crippen LogP contribution >= 0.6 is 15.9 Å². The molecular formula is C13H10BrFN2O. The van der Waals surface area contributed by atoms with E-state index in [0.717, 1.165) is 30.5 Å². The van der Waals surface area contributed by atoms with Gasteiger partial charge in [-0.15, -0.1) is 0 Å². The maximum absolute atomic E-state index is 13.3. The molecule has 5 heteroatoms. The minimum Gasteiger partial charge on any atom is -0.438 e. The molecule has 0 saturated heterocycles. The van der Waals surface area contributed by atoms with Crippen LogP contribution < -0.4 is 4.74 Å². The lowest BCUT2D eigenvalue weighted by atomic mass is 10.2. The van der Waals surface area contributed by atoms with E-state index in [0.29, 0.717) is 16.1 Å². The van der Waals surface area contributed by atoms with Gasteiger partial charge in [0, 0.05) is 16.1 Å². The first-order valence-corrected chi connectivity index (χ1v) is 6.48. The minimum atomic E-state index is -0.343. The fraction of sp³-hybridized carbons (Fsp3) is 0.231. The molecule has 18 heavy (non-hydrogen) atoms. The molecule has 3 nitrogen and oxygen atoms in total. The van der Waals surface area contributed by atoms with Crippen LogP contribution in [-0.2, 0) is 12.8 Å². The molecule has 1 aromatic heterocycles. The fourth-order valence-corrected chi connectivity index (χ4v) is 2.56. The van der Waals surface area contributed by atoms with Gasteiger partial charge in [0.05, 0.1) is 5.69 Å². The summed E-state index contributed by atoms with van der Waals surface area (Å²) < 4.78 is 19.6. The van der Waals surface area contributed by atoms with Crippen LogP contribution in [0.15, 0.2) is 29.0 Å². The normalized spacial score (nSPS) is 13.4. The first-order valence-electron chi connectivity index (χ1n) is 5.69. The molecule has 0 aliphatic heterocycles. The molecule has 0 unspecified atom stereocenters. The second-order valence-electron chi connectivity index (χ2n) is 4.16. The number of aryl methyl sites for hydroxylation is 1. The van der Waals surface area contributed by atoms with Crippen LogP contribution in [0.1, 0.15) is 17.7 Å². The third kappa shape index (κ3) is 2.22. The Morgan fingerprint density at radius 3 is 2.89 bits per heavy atom. The van der Waals surface area contributed by atoms with E-state index in [1.54, 1.807) is 6.07 Å². The van der Waals surface area contributed by atoms with E-state index in [-0.39, 0.29) is 5.82 Å². The van der Waals surface area contributed by atoms with Crippen LogP contribution in [0.4, 0.5) is 4.39 Å².